The number of hydrogen-bond donors (Lipinski definition) is 2. The first-order valence-corrected chi connectivity index (χ1v) is 14.0. The van der Waals surface area contributed by atoms with E-state index < -0.39 is 28.7 Å². The van der Waals surface area contributed by atoms with Crippen molar-refractivity contribution in [1.29, 1.82) is 0 Å². The number of carboxylic acids is 1. The zero-order chi connectivity index (χ0) is 30.7. The van der Waals surface area contributed by atoms with Crippen LogP contribution >= 0.6 is 0 Å². The number of carbonyl (C=O) groups is 4. The summed E-state index contributed by atoms with van der Waals surface area (Å²) >= 11 is 0. The van der Waals surface area contributed by atoms with E-state index in [-0.39, 0.29) is 50.7 Å². The summed E-state index contributed by atoms with van der Waals surface area (Å²) in [4.78, 5) is 55.1. The van der Waals surface area contributed by atoms with E-state index >= 15 is 0 Å². The Kier molecular flexibility index (Phi) is 14.0. The Labute approximate surface area is 239 Å². The number of nitrogens with zero attached hydrogens (tertiary/aromatic N) is 3. The minimum Gasteiger partial charge on any atom is -0.481 e. The zero-order valence-corrected chi connectivity index (χ0v) is 26.0. The van der Waals surface area contributed by atoms with Crippen LogP contribution in [0.3, 0.4) is 0 Å². The standard InChI is InChI=1S/C28H52N4O8/c1-26(2,3)38-23(35)17-30-11-10-21(16-22(33)34)29-20-32(19-25(37)40-28(7,8)9)15-14-31(13-12-30)18-24(36)39-27(4,5)6/h21,29H,10-20H2,1-9H3,(H,33,34). The van der Waals surface area contributed by atoms with Crippen molar-refractivity contribution in [1.82, 2.24) is 20.0 Å². The molecule has 0 saturated carbocycles. The minimum atomic E-state index is -0.939. The van der Waals surface area contributed by atoms with Crippen LogP contribution in [0.2, 0.25) is 0 Å². The molecule has 2 N–H and O–H groups in total. The molecule has 0 amide bonds. The van der Waals surface area contributed by atoms with Crippen LogP contribution in [0, 0.1) is 0 Å². The molecular formula is C28H52N4O8. The molecule has 1 saturated heterocycles. The third-order valence-corrected chi connectivity index (χ3v) is 5.60. The lowest BCUT2D eigenvalue weighted by Gasteiger charge is -2.33. The van der Waals surface area contributed by atoms with Crippen LogP contribution < -0.4 is 5.32 Å². The van der Waals surface area contributed by atoms with E-state index in [1.807, 2.05) is 35.5 Å². The van der Waals surface area contributed by atoms with Crippen LogP contribution in [0.5, 0.6) is 0 Å². The Morgan fingerprint density at radius 3 is 1.38 bits per heavy atom. The molecule has 0 spiro atoms. The highest BCUT2D eigenvalue weighted by Crippen LogP contribution is 2.12. The monoisotopic (exact) mass is 572 g/mol. The summed E-state index contributed by atoms with van der Waals surface area (Å²) in [5, 5.41) is 12.7. The van der Waals surface area contributed by atoms with Gasteiger partial charge >= 0.3 is 23.9 Å². The van der Waals surface area contributed by atoms with Crippen LogP contribution in [0.1, 0.15) is 75.2 Å². The molecule has 0 aliphatic carbocycles. The van der Waals surface area contributed by atoms with Gasteiger partial charge in [-0.15, -0.1) is 0 Å². The van der Waals surface area contributed by atoms with Gasteiger partial charge in [0, 0.05) is 45.4 Å². The van der Waals surface area contributed by atoms with Gasteiger partial charge in [0.05, 0.1) is 26.1 Å². The average molecular weight is 573 g/mol. The topological polar surface area (TPSA) is 138 Å². The lowest BCUT2D eigenvalue weighted by Crippen LogP contribution is -2.50. The van der Waals surface area contributed by atoms with Gasteiger partial charge in [0.1, 0.15) is 16.8 Å². The van der Waals surface area contributed by atoms with Crippen LogP contribution in [0.15, 0.2) is 0 Å². The molecule has 0 bridgehead atoms. The molecule has 12 heteroatoms. The summed E-state index contributed by atoms with van der Waals surface area (Å²) in [7, 11) is 0. The number of carboxylic acid groups (broad SMARTS) is 1. The highest BCUT2D eigenvalue weighted by atomic mass is 16.6. The van der Waals surface area contributed by atoms with E-state index in [0.717, 1.165) is 0 Å². The molecule has 0 radical (unpaired) electrons. The minimum absolute atomic E-state index is 0.00904. The number of aliphatic carboxylic acids is 1. The fourth-order valence-corrected chi connectivity index (χ4v) is 4.07. The Balaban J connectivity index is 3.13. The maximum absolute atomic E-state index is 12.7. The normalized spacial score (nSPS) is 19.7. The van der Waals surface area contributed by atoms with Gasteiger partial charge in [-0.2, -0.15) is 0 Å². The quantitative estimate of drug-likeness (QED) is 0.323. The lowest BCUT2D eigenvalue weighted by atomic mass is 10.1. The molecule has 1 unspecified atom stereocenters. The van der Waals surface area contributed by atoms with Gasteiger partial charge in [0.25, 0.3) is 0 Å². The van der Waals surface area contributed by atoms with Gasteiger partial charge in [0.2, 0.25) is 0 Å². The van der Waals surface area contributed by atoms with Crippen LogP contribution in [0.25, 0.3) is 0 Å². The molecule has 12 nitrogen and oxygen atoms in total. The van der Waals surface area contributed by atoms with E-state index in [2.05, 4.69) is 5.32 Å². The molecule has 0 aromatic heterocycles. The largest absolute Gasteiger partial charge is 0.481 e. The summed E-state index contributed by atoms with van der Waals surface area (Å²) < 4.78 is 16.5. The molecule has 1 fully saturated rings. The second kappa shape index (κ2) is 15.6. The second-order valence-electron chi connectivity index (χ2n) is 13.3. The predicted molar refractivity (Wildman–Crippen MR) is 151 cm³/mol. The van der Waals surface area contributed by atoms with Crippen LogP contribution in [0.4, 0.5) is 0 Å². The predicted octanol–water partition coefficient (Wildman–Crippen LogP) is 1.71. The number of ether oxygens (including phenoxy) is 3. The maximum atomic E-state index is 12.7. The summed E-state index contributed by atoms with van der Waals surface area (Å²) in [6.45, 7) is 18.8. The maximum Gasteiger partial charge on any atom is 0.320 e. The van der Waals surface area contributed by atoms with Gasteiger partial charge in [-0.05, 0) is 68.7 Å². The summed E-state index contributed by atoms with van der Waals surface area (Å²) in [6.07, 6.45) is 0.354. The van der Waals surface area contributed by atoms with Crippen molar-refractivity contribution in [2.45, 2.75) is 98.0 Å². The molecule has 0 aromatic carbocycles. The molecule has 232 valence electrons. The van der Waals surface area contributed by atoms with Crippen molar-refractivity contribution >= 4 is 23.9 Å². The lowest BCUT2D eigenvalue weighted by molar-refractivity contribution is -0.158. The average Bonchev–Trinajstić information content (AvgIpc) is 2.71. The third kappa shape index (κ3) is 18.1. The van der Waals surface area contributed by atoms with Crippen molar-refractivity contribution in [3.8, 4) is 0 Å². The van der Waals surface area contributed by atoms with Crippen molar-refractivity contribution < 1.29 is 38.5 Å². The van der Waals surface area contributed by atoms with E-state index in [4.69, 9.17) is 14.2 Å². The van der Waals surface area contributed by atoms with Crippen molar-refractivity contribution in [2.75, 3.05) is 59.0 Å². The Morgan fingerprint density at radius 2 is 1.00 bits per heavy atom. The smallest absolute Gasteiger partial charge is 0.320 e. The molecule has 40 heavy (non-hydrogen) atoms. The van der Waals surface area contributed by atoms with E-state index in [1.54, 1.807) is 41.5 Å². The summed E-state index contributed by atoms with van der Waals surface area (Å²) in [6, 6.07) is -0.378. The molecule has 1 atom stereocenters. The van der Waals surface area contributed by atoms with Gasteiger partial charge in [-0.1, -0.05) is 0 Å². The van der Waals surface area contributed by atoms with E-state index in [9.17, 15) is 24.3 Å². The number of rotatable bonds is 8. The SMILES string of the molecule is CC(C)(C)OC(=O)CN1CCC(CC(=O)O)NCN(CC(=O)OC(C)(C)C)CCN(CC(=O)OC(C)(C)C)CC1. The van der Waals surface area contributed by atoms with Gasteiger partial charge in [-0.25, -0.2) is 0 Å². The van der Waals surface area contributed by atoms with Crippen molar-refractivity contribution in [3.05, 3.63) is 0 Å². The first-order chi connectivity index (χ1) is 18.2. The molecule has 1 rings (SSSR count). The van der Waals surface area contributed by atoms with Gasteiger partial charge in [-0.3, -0.25) is 33.9 Å². The fraction of sp³-hybridized carbons (Fsp3) is 0.857. The van der Waals surface area contributed by atoms with Crippen molar-refractivity contribution in [3.63, 3.8) is 0 Å². The Bertz CT molecular complexity index is 799. The fourth-order valence-electron chi connectivity index (χ4n) is 4.07. The first-order valence-electron chi connectivity index (χ1n) is 14.0. The zero-order valence-electron chi connectivity index (χ0n) is 26.0. The summed E-state index contributed by atoms with van der Waals surface area (Å²) in [5.41, 5.74) is -1.89. The molecule has 1 aliphatic rings. The van der Waals surface area contributed by atoms with Crippen molar-refractivity contribution in [2.24, 2.45) is 0 Å². The first kappa shape index (κ1) is 35.7. The molecule has 1 aliphatic heterocycles. The third-order valence-electron chi connectivity index (χ3n) is 5.60. The molecular weight excluding hydrogens is 520 g/mol. The van der Waals surface area contributed by atoms with E-state index in [1.165, 1.54) is 0 Å². The van der Waals surface area contributed by atoms with E-state index in [0.29, 0.717) is 39.1 Å². The van der Waals surface area contributed by atoms with Crippen LogP contribution in [-0.2, 0) is 33.4 Å². The van der Waals surface area contributed by atoms with Gasteiger partial charge < -0.3 is 24.6 Å². The number of nitrogens with one attached hydrogen (secondary N) is 1. The van der Waals surface area contributed by atoms with Crippen LogP contribution in [-0.4, -0.2) is 126 Å². The highest BCUT2D eigenvalue weighted by molar-refractivity contribution is 5.73. The molecule has 1 heterocycles. The Morgan fingerprint density at radius 1 is 0.650 bits per heavy atom. The summed E-state index contributed by atoms with van der Waals surface area (Å²) in [5.74, 6) is -2.06. The second-order valence-corrected chi connectivity index (χ2v) is 13.3. The Hall–Kier alpha value is -2.28. The number of carbonyl (C=O) groups excluding carboxylic acids is 3. The number of hydrogen-bond acceptors (Lipinski definition) is 11. The highest BCUT2D eigenvalue weighted by Gasteiger charge is 2.26. The molecule has 0 aromatic rings. The number of esters is 3. The van der Waals surface area contributed by atoms with Gasteiger partial charge in [0.15, 0.2) is 0 Å².